The maximum absolute atomic E-state index is 13.6. The predicted molar refractivity (Wildman–Crippen MR) is 124 cm³/mol. The smallest absolute Gasteiger partial charge is 0.349 e. The van der Waals surface area contributed by atoms with Crippen LogP contribution in [0.15, 0.2) is 57.7 Å². The van der Waals surface area contributed by atoms with E-state index in [1.807, 2.05) is 25.1 Å². The number of hydrogen-bond acceptors (Lipinski definition) is 6. The second-order valence-electron chi connectivity index (χ2n) is 7.21. The minimum Gasteiger partial charge on any atom is -0.422 e. The van der Waals surface area contributed by atoms with Crippen LogP contribution in [0.4, 0.5) is 9.52 Å². The fourth-order valence-electron chi connectivity index (χ4n) is 3.19. The van der Waals surface area contributed by atoms with Crippen LogP contribution < -0.4 is 10.5 Å². The summed E-state index contributed by atoms with van der Waals surface area (Å²) in [6, 6.07) is 12.9. The van der Waals surface area contributed by atoms with Gasteiger partial charge in [-0.25, -0.2) is 14.2 Å². The van der Waals surface area contributed by atoms with E-state index in [9.17, 15) is 14.0 Å². The summed E-state index contributed by atoms with van der Waals surface area (Å²) in [6.07, 6.45) is 0.682. The highest BCUT2D eigenvalue weighted by Gasteiger charge is 2.24. The minimum atomic E-state index is -0.691. The second-order valence-corrected chi connectivity index (χ2v) is 8.22. The first-order chi connectivity index (χ1) is 14.4. The Kier molecular flexibility index (Phi) is 7.04. The van der Waals surface area contributed by atoms with E-state index >= 15 is 0 Å². The molecule has 0 spiro atoms. The Morgan fingerprint density at radius 1 is 1.13 bits per heavy atom. The molecule has 0 saturated carbocycles. The highest BCUT2D eigenvalue weighted by Crippen LogP contribution is 2.30. The van der Waals surface area contributed by atoms with Gasteiger partial charge in [0.1, 0.15) is 17.0 Å². The van der Waals surface area contributed by atoms with Gasteiger partial charge >= 0.3 is 5.63 Å². The summed E-state index contributed by atoms with van der Waals surface area (Å²) in [4.78, 5) is 33.9. The molecule has 2 aromatic carbocycles. The number of carbonyl (C=O) groups is 1. The third-order valence-corrected chi connectivity index (χ3v) is 5.72. The topological polar surface area (TPSA) is 66.7 Å². The van der Waals surface area contributed by atoms with E-state index in [4.69, 9.17) is 4.42 Å². The number of carbonyl (C=O) groups excluding carboxylic acids is 1. The monoisotopic (exact) mass is 461 g/mol. The lowest BCUT2D eigenvalue weighted by molar-refractivity contribution is 0.0982. The Bertz CT molecular complexity index is 1290. The average Bonchev–Trinajstić information content (AvgIpc) is 3.12. The fourth-order valence-corrected chi connectivity index (χ4v) is 4.20. The molecule has 4 aromatic rings. The molecule has 6 nitrogen and oxygen atoms in total. The van der Waals surface area contributed by atoms with Gasteiger partial charge in [0.15, 0.2) is 5.13 Å². The van der Waals surface area contributed by atoms with Gasteiger partial charge in [-0.3, -0.25) is 9.69 Å². The molecule has 1 amide bonds. The van der Waals surface area contributed by atoms with Crippen molar-refractivity contribution in [1.82, 2.24) is 9.88 Å². The summed E-state index contributed by atoms with van der Waals surface area (Å²) in [5, 5.41) is 1.09. The van der Waals surface area contributed by atoms with Crippen molar-refractivity contribution in [1.29, 1.82) is 0 Å². The summed E-state index contributed by atoms with van der Waals surface area (Å²) >= 11 is 1.22. The Labute approximate surface area is 188 Å². The van der Waals surface area contributed by atoms with Crippen LogP contribution in [0.5, 0.6) is 0 Å². The number of aromatic nitrogens is 1. The quantitative estimate of drug-likeness (QED) is 0.394. The van der Waals surface area contributed by atoms with Gasteiger partial charge in [0.2, 0.25) is 0 Å². The summed E-state index contributed by atoms with van der Waals surface area (Å²) in [5.41, 5.74) is 0.286. The van der Waals surface area contributed by atoms with Crippen molar-refractivity contribution in [3.05, 3.63) is 70.3 Å². The minimum absolute atomic E-state index is 0. The first-order valence-electron chi connectivity index (χ1n) is 9.48. The first-order valence-corrected chi connectivity index (χ1v) is 10.3. The lowest BCUT2D eigenvalue weighted by Gasteiger charge is -2.20. The zero-order chi connectivity index (χ0) is 21.3. The molecule has 0 aliphatic carbocycles. The second kappa shape index (κ2) is 9.55. The number of rotatable bonds is 6. The van der Waals surface area contributed by atoms with Crippen LogP contribution in [0.1, 0.15) is 16.8 Å². The SMILES string of the molecule is CN(C)CCCN(C(=O)c1cc2ccccc2oc1=O)c1nc2ccc(F)cc2s1.Cl. The molecule has 162 valence electrons. The summed E-state index contributed by atoms with van der Waals surface area (Å²) in [5.74, 6) is -0.842. The molecule has 4 rings (SSSR count). The van der Waals surface area contributed by atoms with E-state index in [1.54, 1.807) is 30.3 Å². The Morgan fingerprint density at radius 3 is 2.68 bits per heavy atom. The summed E-state index contributed by atoms with van der Waals surface area (Å²) < 4.78 is 19.6. The summed E-state index contributed by atoms with van der Waals surface area (Å²) in [6.45, 7) is 1.13. The van der Waals surface area contributed by atoms with Crippen LogP contribution in [-0.2, 0) is 0 Å². The van der Waals surface area contributed by atoms with E-state index in [0.717, 1.165) is 6.54 Å². The van der Waals surface area contributed by atoms with Crippen molar-refractivity contribution in [2.75, 3.05) is 32.1 Å². The summed E-state index contributed by atoms with van der Waals surface area (Å²) in [7, 11) is 3.90. The number of anilines is 1. The van der Waals surface area contributed by atoms with Gasteiger partial charge in [0.05, 0.1) is 10.2 Å². The van der Waals surface area contributed by atoms with Gasteiger partial charge in [-0.1, -0.05) is 29.5 Å². The van der Waals surface area contributed by atoms with E-state index < -0.39 is 11.5 Å². The van der Waals surface area contributed by atoms with E-state index in [1.165, 1.54) is 28.4 Å². The number of halogens is 2. The van der Waals surface area contributed by atoms with Gasteiger partial charge in [0, 0.05) is 11.9 Å². The van der Waals surface area contributed by atoms with Gasteiger partial charge in [-0.15, -0.1) is 12.4 Å². The van der Waals surface area contributed by atoms with Crippen molar-refractivity contribution in [2.24, 2.45) is 0 Å². The number of fused-ring (bicyclic) bond motifs is 2. The molecule has 0 atom stereocenters. The largest absolute Gasteiger partial charge is 0.422 e. The fraction of sp³-hybridized carbons (Fsp3) is 0.227. The van der Waals surface area contributed by atoms with Crippen LogP contribution in [0, 0.1) is 5.82 Å². The molecule has 0 radical (unpaired) electrons. The van der Waals surface area contributed by atoms with Crippen LogP contribution in [0.25, 0.3) is 21.2 Å². The van der Waals surface area contributed by atoms with Crippen LogP contribution in [0.3, 0.4) is 0 Å². The number of para-hydroxylation sites is 1. The van der Waals surface area contributed by atoms with E-state index in [-0.39, 0.29) is 23.8 Å². The number of hydrogen-bond donors (Lipinski definition) is 0. The van der Waals surface area contributed by atoms with Crippen molar-refractivity contribution < 1.29 is 13.6 Å². The van der Waals surface area contributed by atoms with Crippen LogP contribution >= 0.6 is 23.7 Å². The Morgan fingerprint density at radius 2 is 1.90 bits per heavy atom. The van der Waals surface area contributed by atoms with E-state index in [0.29, 0.717) is 39.3 Å². The normalized spacial score (nSPS) is 11.1. The molecule has 2 heterocycles. The number of thiazole rings is 1. The average molecular weight is 462 g/mol. The molecule has 31 heavy (non-hydrogen) atoms. The zero-order valence-electron chi connectivity index (χ0n) is 17.0. The third kappa shape index (κ3) is 4.92. The number of amides is 1. The maximum atomic E-state index is 13.6. The standard InChI is InChI=1S/C22H20FN3O3S.ClH/c1-25(2)10-5-11-26(22-24-17-9-8-15(23)13-19(17)30-22)20(27)16-12-14-6-3-4-7-18(14)29-21(16)28;/h3-4,6-9,12-13H,5,10-11H2,1-2H3;1H. The Hall–Kier alpha value is -2.81. The lowest BCUT2D eigenvalue weighted by Crippen LogP contribution is -2.36. The molecule has 0 unspecified atom stereocenters. The Balaban J connectivity index is 0.00000272. The van der Waals surface area contributed by atoms with Crippen molar-refractivity contribution >= 4 is 56.0 Å². The predicted octanol–water partition coefficient (Wildman–Crippen LogP) is 4.56. The molecule has 9 heteroatoms. The number of benzene rings is 2. The zero-order valence-corrected chi connectivity index (χ0v) is 18.6. The van der Waals surface area contributed by atoms with Crippen molar-refractivity contribution in [2.45, 2.75) is 6.42 Å². The van der Waals surface area contributed by atoms with Gasteiger partial charge in [-0.2, -0.15) is 0 Å². The molecule has 0 aliphatic heterocycles. The first kappa shape index (κ1) is 22.9. The van der Waals surface area contributed by atoms with Crippen LogP contribution in [0.2, 0.25) is 0 Å². The molecular weight excluding hydrogens is 441 g/mol. The maximum Gasteiger partial charge on any atom is 0.349 e. The van der Waals surface area contributed by atoms with Crippen molar-refractivity contribution in [3.8, 4) is 0 Å². The third-order valence-electron chi connectivity index (χ3n) is 4.67. The highest BCUT2D eigenvalue weighted by atomic mass is 35.5. The molecule has 0 N–H and O–H groups in total. The van der Waals surface area contributed by atoms with Crippen LogP contribution in [-0.4, -0.2) is 43.0 Å². The molecule has 0 fully saturated rings. The molecule has 2 aromatic heterocycles. The molecule has 0 bridgehead atoms. The molecular formula is C22H21ClFN3O3S. The van der Waals surface area contributed by atoms with Crippen molar-refractivity contribution in [3.63, 3.8) is 0 Å². The van der Waals surface area contributed by atoms with Gasteiger partial charge < -0.3 is 9.32 Å². The number of nitrogens with zero attached hydrogens (tertiary/aromatic N) is 3. The van der Waals surface area contributed by atoms with Gasteiger partial charge in [-0.05, 0) is 57.4 Å². The molecule has 0 aliphatic rings. The van der Waals surface area contributed by atoms with Gasteiger partial charge in [0.25, 0.3) is 5.91 Å². The molecule has 0 saturated heterocycles. The highest BCUT2D eigenvalue weighted by molar-refractivity contribution is 7.22. The lowest BCUT2D eigenvalue weighted by atomic mass is 10.1. The van der Waals surface area contributed by atoms with E-state index in [2.05, 4.69) is 4.98 Å².